The van der Waals surface area contributed by atoms with E-state index in [1.54, 1.807) is 5.06 Å². The molecular weight excluding hydrogens is 296 g/mol. The molecule has 126 valence electrons. The lowest BCUT2D eigenvalue weighted by Crippen LogP contribution is -2.44. The predicted molar refractivity (Wildman–Crippen MR) is 84.6 cm³/mol. The third kappa shape index (κ3) is 3.83. The second kappa shape index (κ2) is 7.29. The molecule has 4 atom stereocenters. The van der Waals surface area contributed by atoms with Crippen LogP contribution in [0.3, 0.4) is 0 Å². The average molecular weight is 320 g/mol. The molecule has 2 fully saturated rings. The van der Waals surface area contributed by atoms with Gasteiger partial charge in [0.25, 0.3) is 0 Å². The third-order valence-electron chi connectivity index (χ3n) is 4.58. The Balaban J connectivity index is 1.61. The molecule has 3 rings (SSSR count). The molecule has 0 aromatic heterocycles. The Labute approximate surface area is 136 Å². The monoisotopic (exact) mass is 320 g/mol. The van der Waals surface area contributed by atoms with Gasteiger partial charge in [0.15, 0.2) is 0 Å². The minimum atomic E-state index is -0.417. The molecule has 0 aliphatic carbocycles. The van der Waals surface area contributed by atoms with Crippen LogP contribution in [-0.2, 0) is 14.4 Å². The molecule has 1 amide bonds. The van der Waals surface area contributed by atoms with Gasteiger partial charge in [-0.2, -0.15) is 5.06 Å². The highest BCUT2D eigenvalue weighted by Gasteiger charge is 2.45. The Hall–Kier alpha value is -1.63. The average Bonchev–Trinajstić information content (AvgIpc) is 3.15. The minimum Gasteiger partial charge on any atom is -0.491 e. The zero-order valence-electron chi connectivity index (χ0n) is 13.4. The van der Waals surface area contributed by atoms with Crippen LogP contribution in [0.2, 0.25) is 0 Å². The molecule has 1 aromatic rings. The highest BCUT2D eigenvalue weighted by molar-refractivity contribution is 5.80. The number of primary amides is 1. The number of hydroxylamine groups is 2. The zero-order chi connectivity index (χ0) is 16.2. The van der Waals surface area contributed by atoms with Gasteiger partial charge < -0.3 is 15.2 Å². The number of nitrogens with zero attached hydrogens (tertiary/aromatic N) is 1. The Morgan fingerprint density at radius 2 is 2.17 bits per heavy atom. The molecule has 1 aromatic carbocycles. The van der Waals surface area contributed by atoms with Gasteiger partial charge in [0, 0.05) is 19.1 Å². The maximum absolute atomic E-state index is 11.8. The van der Waals surface area contributed by atoms with E-state index in [1.165, 1.54) is 0 Å². The van der Waals surface area contributed by atoms with Gasteiger partial charge in [-0.3, -0.25) is 9.63 Å². The number of ether oxygens (including phenoxy) is 2. The van der Waals surface area contributed by atoms with Crippen molar-refractivity contribution in [2.45, 2.75) is 25.5 Å². The molecule has 2 aliphatic rings. The molecule has 0 radical (unpaired) electrons. The molecule has 0 bridgehead atoms. The fourth-order valence-electron chi connectivity index (χ4n) is 3.22. The SMILES string of the molecule is CC1C(COc2ccccc2)ON(CC2CCOC2)C1C(N)=O. The predicted octanol–water partition coefficient (Wildman–Crippen LogP) is 1.21. The van der Waals surface area contributed by atoms with E-state index in [0.29, 0.717) is 25.7 Å². The molecule has 2 N–H and O–H groups in total. The molecule has 2 aliphatic heterocycles. The summed E-state index contributed by atoms with van der Waals surface area (Å²) in [5, 5.41) is 1.74. The van der Waals surface area contributed by atoms with Crippen molar-refractivity contribution >= 4 is 5.91 Å². The van der Waals surface area contributed by atoms with Gasteiger partial charge >= 0.3 is 0 Å². The third-order valence-corrected chi connectivity index (χ3v) is 4.58. The Kier molecular flexibility index (Phi) is 5.15. The highest BCUT2D eigenvalue weighted by atomic mass is 16.7. The van der Waals surface area contributed by atoms with Crippen molar-refractivity contribution in [3.8, 4) is 5.75 Å². The second-order valence-corrected chi connectivity index (χ2v) is 6.30. The van der Waals surface area contributed by atoms with Gasteiger partial charge in [0.05, 0.1) is 6.61 Å². The number of carbonyl (C=O) groups excluding carboxylic acids is 1. The summed E-state index contributed by atoms with van der Waals surface area (Å²) in [5.41, 5.74) is 5.59. The molecule has 2 saturated heterocycles. The van der Waals surface area contributed by atoms with Gasteiger partial charge in [0.1, 0.15) is 24.5 Å². The lowest BCUT2D eigenvalue weighted by atomic mass is 9.96. The summed E-state index contributed by atoms with van der Waals surface area (Å²) in [6.07, 6.45) is 0.806. The topological polar surface area (TPSA) is 74.0 Å². The van der Waals surface area contributed by atoms with Crippen LogP contribution in [0.25, 0.3) is 0 Å². The van der Waals surface area contributed by atoms with Crippen LogP contribution in [0, 0.1) is 11.8 Å². The molecule has 6 nitrogen and oxygen atoms in total. The van der Waals surface area contributed by atoms with Crippen molar-refractivity contribution in [1.82, 2.24) is 5.06 Å². The Morgan fingerprint density at radius 1 is 1.39 bits per heavy atom. The van der Waals surface area contributed by atoms with Crippen molar-refractivity contribution in [1.29, 1.82) is 0 Å². The van der Waals surface area contributed by atoms with Gasteiger partial charge in [-0.25, -0.2) is 0 Å². The molecule has 23 heavy (non-hydrogen) atoms. The van der Waals surface area contributed by atoms with Crippen LogP contribution in [0.4, 0.5) is 0 Å². The van der Waals surface area contributed by atoms with Gasteiger partial charge in [0.2, 0.25) is 5.91 Å². The standard InChI is InChI=1S/C17H24N2O4/c1-12-15(11-22-14-5-3-2-4-6-14)23-19(16(12)17(18)20)9-13-7-8-21-10-13/h2-6,12-13,15-16H,7-11H2,1H3,(H2,18,20). The fourth-order valence-corrected chi connectivity index (χ4v) is 3.22. The summed E-state index contributed by atoms with van der Waals surface area (Å²) >= 11 is 0. The largest absolute Gasteiger partial charge is 0.491 e. The van der Waals surface area contributed by atoms with Gasteiger partial charge in [-0.15, -0.1) is 0 Å². The highest BCUT2D eigenvalue weighted by Crippen LogP contribution is 2.30. The number of rotatable bonds is 6. The first-order chi connectivity index (χ1) is 11.1. The summed E-state index contributed by atoms with van der Waals surface area (Å²) in [4.78, 5) is 17.8. The number of hydrogen-bond acceptors (Lipinski definition) is 5. The normalized spacial score (nSPS) is 31.3. The summed E-state index contributed by atoms with van der Waals surface area (Å²) in [5.74, 6) is 0.816. The van der Waals surface area contributed by atoms with E-state index in [9.17, 15) is 4.79 Å². The van der Waals surface area contributed by atoms with Gasteiger partial charge in [-0.1, -0.05) is 25.1 Å². The van der Waals surface area contributed by atoms with Crippen molar-refractivity contribution in [3.63, 3.8) is 0 Å². The van der Waals surface area contributed by atoms with E-state index < -0.39 is 6.04 Å². The number of nitrogens with two attached hydrogens (primary N) is 1. The van der Waals surface area contributed by atoms with E-state index in [0.717, 1.165) is 18.8 Å². The van der Waals surface area contributed by atoms with E-state index >= 15 is 0 Å². The zero-order valence-corrected chi connectivity index (χ0v) is 13.4. The molecular formula is C17H24N2O4. The summed E-state index contributed by atoms with van der Waals surface area (Å²) in [6, 6.07) is 9.17. The van der Waals surface area contributed by atoms with Crippen molar-refractivity contribution < 1.29 is 19.1 Å². The van der Waals surface area contributed by atoms with E-state index in [1.807, 2.05) is 37.3 Å². The summed E-state index contributed by atoms with van der Waals surface area (Å²) in [7, 11) is 0. The van der Waals surface area contributed by atoms with Crippen molar-refractivity contribution in [2.24, 2.45) is 17.6 Å². The summed E-state index contributed by atoms with van der Waals surface area (Å²) in [6.45, 7) is 4.53. The number of hydrogen-bond donors (Lipinski definition) is 1. The lowest BCUT2D eigenvalue weighted by molar-refractivity contribution is -0.178. The first-order valence-corrected chi connectivity index (χ1v) is 8.13. The van der Waals surface area contributed by atoms with Crippen molar-refractivity contribution in [3.05, 3.63) is 30.3 Å². The van der Waals surface area contributed by atoms with Crippen molar-refractivity contribution in [2.75, 3.05) is 26.4 Å². The van der Waals surface area contributed by atoms with Crippen LogP contribution >= 0.6 is 0 Å². The van der Waals surface area contributed by atoms with Crippen LogP contribution in [0.5, 0.6) is 5.75 Å². The molecule has 4 unspecified atom stereocenters. The number of amides is 1. The number of carbonyl (C=O) groups is 1. The van der Waals surface area contributed by atoms with Crippen LogP contribution in [0.15, 0.2) is 30.3 Å². The van der Waals surface area contributed by atoms with Crippen LogP contribution < -0.4 is 10.5 Å². The minimum absolute atomic E-state index is 0.0152. The molecule has 0 saturated carbocycles. The molecule has 6 heteroatoms. The first kappa shape index (κ1) is 16.2. The number of para-hydroxylation sites is 1. The Morgan fingerprint density at radius 3 is 2.83 bits per heavy atom. The fraction of sp³-hybridized carbons (Fsp3) is 0.588. The van der Waals surface area contributed by atoms with E-state index in [2.05, 4.69) is 0 Å². The van der Waals surface area contributed by atoms with Crippen LogP contribution in [-0.4, -0.2) is 49.5 Å². The quantitative estimate of drug-likeness (QED) is 0.853. The maximum atomic E-state index is 11.8. The maximum Gasteiger partial charge on any atom is 0.237 e. The van der Waals surface area contributed by atoms with E-state index in [4.69, 9.17) is 20.0 Å². The summed E-state index contributed by atoms with van der Waals surface area (Å²) < 4.78 is 11.2. The molecule has 0 spiro atoms. The molecule has 2 heterocycles. The number of benzene rings is 1. The van der Waals surface area contributed by atoms with Gasteiger partial charge in [-0.05, 0) is 24.5 Å². The smallest absolute Gasteiger partial charge is 0.237 e. The van der Waals surface area contributed by atoms with Crippen LogP contribution in [0.1, 0.15) is 13.3 Å². The second-order valence-electron chi connectivity index (χ2n) is 6.30. The first-order valence-electron chi connectivity index (χ1n) is 8.13. The van der Waals surface area contributed by atoms with E-state index in [-0.39, 0.29) is 17.9 Å². The lowest BCUT2D eigenvalue weighted by Gasteiger charge is -2.23. The Bertz CT molecular complexity index is 519.